The smallest absolute Gasteiger partial charge is 0.340 e. The number of carbonyl (C=O) groups is 1. The van der Waals surface area contributed by atoms with Gasteiger partial charge >= 0.3 is 5.97 Å². The number of alkyl halides is 2. The number of hydrogen-bond donors (Lipinski definition) is 0. The highest BCUT2D eigenvalue weighted by Crippen LogP contribution is 2.29. The van der Waals surface area contributed by atoms with Gasteiger partial charge in [-0.3, -0.25) is 4.98 Å². The van der Waals surface area contributed by atoms with Gasteiger partial charge in [0, 0.05) is 15.5 Å². The quantitative estimate of drug-likeness (QED) is 0.627. The highest BCUT2D eigenvalue weighted by molar-refractivity contribution is 14.1. The first-order valence-corrected chi connectivity index (χ1v) is 5.67. The second-order valence-corrected chi connectivity index (χ2v) is 4.08. The van der Waals surface area contributed by atoms with Gasteiger partial charge < -0.3 is 4.74 Å². The molecule has 0 bridgehead atoms. The van der Waals surface area contributed by atoms with Crippen molar-refractivity contribution in [3.8, 4) is 0 Å². The second kappa shape index (κ2) is 5.51. The average molecular weight is 341 g/mol. The molecule has 0 N–H and O–H groups in total. The van der Waals surface area contributed by atoms with Gasteiger partial charge in [-0.15, -0.1) is 0 Å². The number of halogens is 3. The maximum Gasteiger partial charge on any atom is 0.340 e. The minimum absolute atomic E-state index is 0.0864. The topological polar surface area (TPSA) is 39.2 Å². The predicted octanol–water partition coefficient (Wildman–Crippen LogP) is 3.11. The van der Waals surface area contributed by atoms with Crippen molar-refractivity contribution in [2.45, 2.75) is 20.3 Å². The summed E-state index contributed by atoms with van der Waals surface area (Å²) in [7, 11) is 0. The van der Waals surface area contributed by atoms with Crippen molar-refractivity contribution in [2.75, 3.05) is 6.61 Å². The van der Waals surface area contributed by atoms with Crippen molar-refractivity contribution in [2.24, 2.45) is 0 Å². The van der Waals surface area contributed by atoms with Crippen molar-refractivity contribution in [3.05, 3.63) is 26.6 Å². The van der Waals surface area contributed by atoms with Crippen LogP contribution in [0, 0.1) is 10.5 Å². The highest BCUT2D eigenvalue weighted by atomic mass is 127. The number of hydrogen-bond acceptors (Lipinski definition) is 3. The van der Waals surface area contributed by atoms with Gasteiger partial charge in [-0.05, 0) is 36.4 Å². The van der Waals surface area contributed by atoms with E-state index in [-0.39, 0.29) is 27.0 Å². The Morgan fingerprint density at radius 1 is 1.62 bits per heavy atom. The highest BCUT2D eigenvalue weighted by Gasteiger charge is 2.22. The third-order valence-corrected chi connectivity index (χ3v) is 3.13. The molecule has 0 saturated heterocycles. The van der Waals surface area contributed by atoms with Crippen molar-refractivity contribution in [1.29, 1.82) is 0 Å². The Kier molecular flexibility index (Phi) is 4.57. The molecule has 0 spiro atoms. The van der Waals surface area contributed by atoms with E-state index in [1.54, 1.807) is 29.5 Å². The summed E-state index contributed by atoms with van der Waals surface area (Å²) in [5.41, 5.74) is 0.113. The molecule has 0 saturated carbocycles. The number of aryl methyl sites for hydroxylation is 1. The molecular formula is C10H10F2INO2. The van der Waals surface area contributed by atoms with Gasteiger partial charge in [0.25, 0.3) is 6.43 Å². The van der Waals surface area contributed by atoms with Crippen LogP contribution in [0.5, 0.6) is 0 Å². The van der Waals surface area contributed by atoms with E-state index in [4.69, 9.17) is 4.74 Å². The third-order valence-electron chi connectivity index (χ3n) is 1.96. The zero-order valence-corrected chi connectivity index (χ0v) is 10.9. The van der Waals surface area contributed by atoms with Gasteiger partial charge in [0.1, 0.15) is 0 Å². The molecule has 1 aromatic heterocycles. The van der Waals surface area contributed by atoms with Crippen LogP contribution in [0.1, 0.15) is 35.0 Å². The maximum absolute atomic E-state index is 12.7. The van der Waals surface area contributed by atoms with E-state index < -0.39 is 12.4 Å². The van der Waals surface area contributed by atoms with Crippen LogP contribution in [-0.2, 0) is 4.74 Å². The van der Waals surface area contributed by atoms with Crippen LogP contribution >= 0.6 is 22.6 Å². The first-order chi connectivity index (χ1) is 7.49. The molecule has 1 heterocycles. The number of esters is 1. The first kappa shape index (κ1) is 13.3. The largest absolute Gasteiger partial charge is 0.462 e. The maximum atomic E-state index is 12.7. The van der Waals surface area contributed by atoms with Crippen LogP contribution in [0.2, 0.25) is 0 Å². The SMILES string of the molecule is CCOC(=O)c1cnc(C)c(C(F)F)c1I. The van der Waals surface area contributed by atoms with Crippen LogP contribution in [0.4, 0.5) is 8.78 Å². The average Bonchev–Trinajstić information content (AvgIpc) is 2.17. The fraction of sp³-hybridized carbons (Fsp3) is 0.400. The summed E-state index contributed by atoms with van der Waals surface area (Å²) < 4.78 is 30.4. The molecule has 0 aliphatic carbocycles. The lowest BCUT2D eigenvalue weighted by Gasteiger charge is -2.10. The van der Waals surface area contributed by atoms with Gasteiger partial charge in [-0.2, -0.15) is 0 Å². The number of pyridine rings is 1. The van der Waals surface area contributed by atoms with Gasteiger partial charge in [0.05, 0.1) is 17.7 Å². The zero-order valence-electron chi connectivity index (χ0n) is 8.76. The summed E-state index contributed by atoms with van der Waals surface area (Å²) in [5.74, 6) is -0.624. The Hall–Kier alpha value is -0.790. The van der Waals surface area contributed by atoms with Gasteiger partial charge in [0.15, 0.2) is 0 Å². The Bertz CT molecular complexity index is 410. The summed E-state index contributed by atoms with van der Waals surface area (Å²) in [4.78, 5) is 15.2. The summed E-state index contributed by atoms with van der Waals surface area (Å²) in [6.07, 6.45) is -1.38. The lowest BCUT2D eigenvalue weighted by Crippen LogP contribution is -2.11. The van der Waals surface area contributed by atoms with Crippen LogP contribution in [0.25, 0.3) is 0 Å². The van der Waals surface area contributed by atoms with Crippen LogP contribution in [-0.4, -0.2) is 17.6 Å². The molecule has 0 aliphatic heterocycles. The molecule has 0 fully saturated rings. The van der Waals surface area contributed by atoms with E-state index in [9.17, 15) is 13.6 Å². The number of carbonyl (C=O) groups excluding carboxylic acids is 1. The zero-order chi connectivity index (χ0) is 12.3. The molecular weight excluding hydrogens is 331 g/mol. The Labute approximate surface area is 105 Å². The van der Waals surface area contributed by atoms with Crippen molar-refractivity contribution in [1.82, 2.24) is 4.98 Å². The molecule has 1 aromatic rings. The number of nitrogens with zero attached hydrogens (tertiary/aromatic N) is 1. The standard InChI is InChI=1S/C10H10F2INO2/c1-3-16-10(15)6-4-14-5(2)7(8(6)13)9(11)12/h4,9H,3H2,1-2H3. The van der Waals surface area contributed by atoms with Crippen molar-refractivity contribution in [3.63, 3.8) is 0 Å². The van der Waals surface area contributed by atoms with E-state index in [2.05, 4.69) is 4.98 Å². The van der Waals surface area contributed by atoms with E-state index in [0.29, 0.717) is 0 Å². The Morgan fingerprint density at radius 3 is 2.75 bits per heavy atom. The number of rotatable bonds is 3. The van der Waals surface area contributed by atoms with Crippen molar-refractivity contribution < 1.29 is 18.3 Å². The van der Waals surface area contributed by atoms with E-state index in [1.807, 2.05) is 0 Å². The minimum Gasteiger partial charge on any atom is -0.462 e. The Balaban J connectivity index is 3.23. The molecule has 0 unspecified atom stereocenters. The van der Waals surface area contributed by atoms with Crippen LogP contribution in [0.3, 0.4) is 0 Å². The summed E-state index contributed by atoms with van der Waals surface area (Å²) >= 11 is 1.72. The van der Waals surface area contributed by atoms with Gasteiger partial charge in [-0.25, -0.2) is 13.6 Å². The molecule has 16 heavy (non-hydrogen) atoms. The summed E-state index contributed by atoms with van der Waals surface area (Å²) in [5, 5.41) is 0. The molecule has 88 valence electrons. The summed E-state index contributed by atoms with van der Waals surface area (Å²) in [6.45, 7) is 3.34. The Morgan fingerprint density at radius 2 is 2.25 bits per heavy atom. The van der Waals surface area contributed by atoms with Crippen LogP contribution in [0.15, 0.2) is 6.20 Å². The molecule has 3 nitrogen and oxygen atoms in total. The monoisotopic (exact) mass is 341 g/mol. The molecule has 0 aromatic carbocycles. The van der Waals surface area contributed by atoms with E-state index in [0.717, 1.165) is 0 Å². The normalized spacial score (nSPS) is 10.6. The molecule has 0 aliphatic rings. The molecule has 0 amide bonds. The summed E-state index contributed by atoms with van der Waals surface area (Å²) in [6, 6.07) is 0. The van der Waals surface area contributed by atoms with Gasteiger partial charge in [-0.1, -0.05) is 0 Å². The first-order valence-electron chi connectivity index (χ1n) is 4.59. The van der Waals surface area contributed by atoms with E-state index >= 15 is 0 Å². The lowest BCUT2D eigenvalue weighted by atomic mass is 10.1. The fourth-order valence-electron chi connectivity index (χ4n) is 1.20. The lowest BCUT2D eigenvalue weighted by molar-refractivity contribution is 0.0524. The third kappa shape index (κ3) is 2.66. The molecule has 6 heteroatoms. The number of ether oxygens (including phenoxy) is 1. The molecule has 1 rings (SSSR count). The van der Waals surface area contributed by atoms with Crippen molar-refractivity contribution >= 4 is 28.6 Å². The van der Waals surface area contributed by atoms with Gasteiger partial charge in [0.2, 0.25) is 0 Å². The predicted molar refractivity (Wildman–Crippen MR) is 62.6 cm³/mol. The number of aromatic nitrogens is 1. The van der Waals surface area contributed by atoms with E-state index in [1.165, 1.54) is 13.1 Å². The fourth-order valence-corrected chi connectivity index (χ4v) is 2.18. The second-order valence-electron chi connectivity index (χ2n) is 3.01. The molecule has 0 atom stereocenters. The molecule has 0 radical (unpaired) electrons. The van der Waals surface area contributed by atoms with Crippen LogP contribution < -0.4 is 0 Å². The minimum atomic E-state index is -2.64.